The van der Waals surface area contributed by atoms with Gasteiger partial charge < -0.3 is 14.7 Å². The van der Waals surface area contributed by atoms with Gasteiger partial charge in [0.1, 0.15) is 6.10 Å². The topological polar surface area (TPSA) is 51.0 Å². The van der Waals surface area contributed by atoms with Crippen molar-refractivity contribution < 1.29 is 14.7 Å². The second-order valence-electron chi connectivity index (χ2n) is 5.74. The monoisotopic (exact) mass is 259 g/mol. The van der Waals surface area contributed by atoms with Crippen LogP contribution in [0.2, 0.25) is 0 Å². The largest absolute Gasteiger partial charge is 0.504 e. The van der Waals surface area contributed by atoms with Gasteiger partial charge in [0, 0.05) is 23.8 Å². The van der Waals surface area contributed by atoms with Gasteiger partial charge in [0.05, 0.1) is 12.8 Å². The van der Waals surface area contributed by atoms with E-state index in [0.717, 1.165) is 24.8 Å². The fourth-order valence-corrected chi connectivity index (χ4v) is 4.02. The number of aromatic hydroxyl groups is 1. The highest BCUT2D eigenvalue weighted by Crippen LogP contribution is 2.54. The molecule has 1 aromatic carbocycles. The van der Waals surface area contributed by atoms with Gasteiger partial charge in [-0.2, -0.15) is 0 Å². The molecule has 1 heterocycles. The van der Waals surface area contributed by atoms with Crippen molar-refractivity contribution in [1.29, 1.82) is 0 Å². The summed E-state index contributed by atoms with van der Waals surface area (Å²) in [6.45, 7) is 2.08. The molecule has 4 nitrogen and oxygen atoms in total. The quantitative estimate of drug-likeness (QED) is 0.843. The van der Waals surface area contributed by atoms with Crippen LogP contribution in [0.4, 0.5) is 0 Å². The Hall–Kier alpha value is -1.71. The zero-order valence-electron chi connectivity index (χ0n) is 11.1. The van der Waals surface area contributed by atoms with Gasteiger partial charge in [0.25, 0.3) is 0 Å². The fourth-order valence-electron chi connectivity index (χ4n) is 4.02. The Morgan fingerprint density at radius 1 is 1.47 bits per heavy atom. The molecule has 0 spiro atoms. The molecule has 0 aromatic heterocycles. The standard InChI is InChI=1S/C15H17NO3/c1-7-5-12(18-2)15(17)13-8-3-4-10-14(8)11(19-16-10)6-9(7)13/h5,8,11,14,17H,3-4,6H2,1-2H3/t8-,11+,14+/m0/s1. The van der Waals surface area contributed by atoms with Gasteiger partial charge in [0.2, 0.25) is 0 Å². The first-order valence-electron chi connectivity index (χ1n) is 6.82. The van der Waals surface area contributed by atoms with Crippen LogP contribution in [-0.2, 0) is 11.3 Å². The van der Waals surface area contributed by atoms with E-state index in [-0.39, 0.29) is 6.10 Å². The van der Waals surface area contributed by atoms with Crippen LogP contribution in [-0.4, -0.2) is 24.0 Å². The van der Waals surface area contributed by atoms with Crippen molar-refractivity contribution in [2.45, 2.75) is 38.2 Å². The predicted molar refractivity (Wildman–Crippen MR) is 70.9 cm³/mol. The summed E-state index contributed by atoms with van der Waals surface area (Å²) < 4.78 is 5.30. The van der Waals surface area contributed by atoms with E-state index in [1.807, 2.05) is 6.07 Å². The number of ether oxygens (including phenoxy) is 1. The van der Waals surface area contributed by atoms with Crippen LogP contribution in [0.15, 0.2) is 11.2 Å². The maximum absolute atomic E-state index is 10.5. The molecule has 4 rings (SSSR count). The van der Waals surface area contributed by atoms with Crippen molar-refractivity contribution in [2.75, 3.05) is 7.11 Å². The van der Waals surface area contributed by atoms with Gasteiger partial charge in [-0.25, -0.2) is 0 Å². The summed E-state index contributed by atoms with van der Waals surface area (Å²) >= 11 is 0. The molecule has 0 bridgehead atoms. The van der Waals surface area contributed by atoms with Crippen molar-refractivity contribution in [3.63, 3.8) is 0 Å². The van der Waals surface area contributed by atoms with E-state index < -0.39 is 0 Å². The minimum atomic E-state index is 0.168. The van der Waals surface area contributed by atoms with Gasteiger partial charge in [-0.15, -0.1) is 0 Å². The third-order valence-corrected chi connectivity index (χ3v) is 4.87. The third-order valence-electron chi connectivity index (χ3n) is 4.87. The summed E-state index contributed by atoms with van der Waals surface area (Å²) in [4.78, 5) is 5.57. The average Bonchev–Trinajstić information content (AvgIpc) is 3.01. The summed E-state index contributed by atoms with van der Waals surface area (Å²) in [5.41, 5.74) is 4.66. The maximum Gasteiger partial charge on any atom is 0.161 e. The van der Waals surface area contributed by atoms with Crippen molar-refractivity contribution in [1.82, 2.24) is 0 Å². The summed E-state index contributed by atoms with van der Waals surface area (Å²) in [5, 5.41) is 14.7. The minimum Gasteiger partial charge on any atom is -0.504 e. The van der Waals surface area contributed by atoms with Crippen molar-refractivity contribution in [3.05, 3.63) is 22.8 Å². The molecule has 100 valence electrons. The van der Waals surface area contributed by atoms with E-state index >= 15 is 0 Å². The van der Waals surface area contributed by atoms with Gasteiger partial charge in [-0.05, 0) is 37.0 Å². The third kappa shape index (κ3) is 1.32. The zero-order valence-corrected chi connectivity index (χ0v) is 11.1. The molecule has 1 fully saturated rings. The highest BCUT2D eigenvalue weighted by atomic mass is 16.6. The van der Waals surface area contributed by atoms with Gasteiger partial charge in [-0.3, -0.25) is 0 Å². The number of fused-ring (bicyclic) bond motifs is 2. The molecule has 0 amide bonds. The molecule has 1 aromatic rings. The second-order valence-corrected chi connectivity index (χ2v) is 5.74. The molecule has 3 aliphatic rings. The van der Waals surface area contributed by atoms with Crippen molar-refractivity contribution in [2.24, 2.45) is 11.1 Å². The number of aryl methyl sites for hydroxylation is 1. The van der Waals surface area contributed by atoms with Gasteiger partial charge in [-0.1, -0.05) is 5.16 Å². The first-order chi connectivity index (χ1) is 9.20. The Kier molecular flexibility index (Phi) is 2.14. The molecule has 0 radical (unpaired) electrons. The Morgan fingerprint density at radius 2 is 2.32 bits per heavy atom. The van der Waals surface area contributed by atoms with Gasteiger partial charge in [0.15, 0.2) is 11.5 Å². The number of hydrogen-bond donors (Lipinski definition) is 1. The molecule has 1 saturated carbocycles. The predicted octanol–water partition coefficient (Wildman–Crippen LogP) is 2.51. The smallest absolute Gasteiger partial charge is 0.161 e. The number of nitrogens with zero attached hydrogens (tertiary/aromatic N) is 1. The molecule has 1 aliphatic heterocycles. The Labute approximate surface area is 112 Å². The highest BCUT2D eigenvalue weighted by Gasteiger charge is 2.50. The van der Waals surface area contributed by atoms with Crippen LogP contribution in [0.5, 0.6) is 11.5 Å². The van der Waals surface area contributed by atoms with E-state index in [1.165, 1.54) is 16.8 Å². The molecule has 1 N–H and O–H groups in total. The summed E-state index contributed by atoms with van der Waals surface area (Å²) in [7, 11) is 1.60. The molecule has 4 heteroatoms. The van der Waals surface area contributed by atoms with E-state index in [9.17, 15) is 5.11 Å². The molecule has 2 aliphatic carbocycles. The summed E-state index contributed by atoms with van der Waals surface area (Å²) in [6, 6.07) is 1.92. The number of benzene rings is 1. The van der Waals surface area contributed by atoms with Crippen molar-refractivity contribution >= 4 is 5.71 Å². The maximum atomic E-state index is 10.5. The summed E-state index contributed by atoms with van der Waals surface area (Å²) in [6.07, 6.45) is 3.05. The van der Waals surface area contributed by atoms with Crippen LogP contribution < -0.4 is 4.74 Å². The van der Waals surface area contributed by atoms with E-state index in [4.69, 9.17) is 9.57 Å². The van der Waals surface area contributed by atoms with E-state index in [1.54, 1.807) is 7.11 Å². The summed E-state index contributed by atoms with van der Waals surface area (Å²) in [5.74, 6) is 1.60. The van der Waals surface area contributed by atoms with Crippen LogP contribution in [0.1, 0.15) is 35.4 Å². The fraction of sp³-hybridized carbons (Fsp3) is 0.533. The highest BCUT2D eigenvalue weighted by molar-refractivity contribution is 5.92. The number of hydrogen-bond acceptors (Lipinski definition) is 4. The molecule has 0 saturated heterocycles. The van der Waals surface area contributed by atoms with E-state index in [2.05, 4.69) is 12.1 Å². The number of rotatable bonds is 1. The molecular formula is C15H17NO3. The normalized spacial score (nSPS) is 30.4. The lowest BCUT2D eigenvalue weighted by Crippen LogP contribution is -2.32. The molecule has 3 atom stereocenters. The van der Waals surface area contributed by atoms with Crippen LogP contribution in [0, 0.1) is 12.8 Å². The van der Waals surface area contributed by atoms with Crippen LogP contribution in [0.3, 0.4) is 0 Å². The van der Waals surface area contributed by atoms with Crippen LogP contribution in [0.25, 0.3) is 0 Å². The first-order valence-corrected chi connectivity index (χ1v) is 6.82. The minimum absolute atomic E-state index is 0.168. The number of methoxy groups -OCH3 is 1. The average molecular weight is 259 g/mol. The Bertz CT molecular complexity index is 594. The van der Waals surface area contributed by atoms with Gasteiger partial charge >= 0.3 is 0 Å². The van der Waals surface area contributed by atoms with Crippen LogP contribution >= 0.6 is 0 Å². The lowest BCUT2D eigenvalue weighted by molar-refractivity contribution is 0.0495. The number of oxime groups is 1. The SMILES string of the molecule is COc1cc(C)c2c(c1O)[C@@H]1CCC3=NO[C@H](C2)[C@@H]31. The Balaban J connectivity index is 1.93. The first kappa shape index (κ1) is 11.1. The number of phenolic OH excluding ortho intramolecular Hbond substituents is 1. The van der Waals surface area contributed by atoms with E-state index in [0.29, 0.717) is 23.3 Å². The molecule has 0 unspecified atom stereocenters. The second kappa shape index (κ2) is 3.65. The molecular weight excluding hydrogens is 242 g/mol. The Morgan fingerprint density at radius 3 is 3.11 bits per heavy atom. The zero-order chi connectivity index (χ0) is 13.1. The lowest BCUT2D eigenvalue weighted by atomic mass is 9.73. The van der Waals surface area contributed by atoms with Crippen molar-refractivity contribution in [3.8, 4) is 11.5 Å². The lowest BCUT2D eigenvalue weighted by Gasteiger charge is -2.32. The number of phenols is 1. The molecule has 19 heavy (non-hydrogen) atoms.